The van der Waals surface area contributed by atoms with Crippen LogP contribution in [0, 0.1) is 5.92 Å². The summed E-state index contributed by atoms with van der Waals surface area (Å²) >= 11 is 0. The predicted molar refractivity (Wildman–Crippen MR) is 101 cm³/mol. The number of hydrogen-bond acceptors (Lipinski definition) is 3. The van der Waals surface area contributed by atoms with E-state index in [2.05, 4.69) is 18.7 Å². The van der Waals surface area contributed by atoms with Crippen LogP contribution in [0.1, 0.15) is 65.7 Å². The van der Waals surface area contributed by atoms with Crippen LogP contribution in [0.3, 0.4) is 0 Å². The fourth-order valence-corrected chi connectivity index (χ4v) is 4.33. The Kier molecular flexibility index (Phi) is 8.20. The Morgan fingerprint density at radius 1 is 1.04 bits per heavy atom. The summed E-state index contributed by atoms with van der Waals surface area (Å²) in [4.78, 5) is 31.5. The van der Waals surface area contributed by atoms with Gasteiger partial charge >= 0.3 is 0 Å². The monoisotopic (exact) mass is 351 g/mol. The van der Waals surface area contributed by atoms with Crippen molar-refractivity contribution in [3.8, 4) is 0 Å². The van der Waals surface area contributed by atoms with Crippen molar-refractivity contribution < 1.29 is 9.59 Å². The minimum absolute atomic E-state index is 0.137. The highest BCUT2D eigenvalue weighted by Crippen LogP contribution is 2.21. The fourth-order valence-electron chi connectivity index (χ4n) is 4.33. The molecule has 2 aliphatic rings. The zero-order chi connectivity index (χ0) is 18.2. The molecule has 25 heavy (non-hydrogen) atoms. The Morgan fingerprint density at radius 2 is 1.72 bits per heavy atom. The van der Waals surface area contributed by atoms with Gasteiger partial charge in [0.25, 0.3) is 0 Å². The van der Waals surface area contributed by atoms with Crippen molar-refractivity contribution in [3.05, 3.63) is 0 Å². The molecule has 2 saturated heterocycles. The highest BCUT2D eigenvalue weighted by Gasteiger charge is 2.31. The second-order valence-electron chi connectivity index (χ2n) is 7.71. The molecule has 0 radical (unpaired) electrons. The van der Waals surface area contributed by atoms with Gasteiger partial charge in [0.2, 0.25) is 11.8 Å². The lowest BCUT2D eigenvalue weighted by atomic mass is 9.98. The van der Waals surface area contributed by atoms with Gasteiger partial charge in [0.1, 0.15) is 0 Å². The Labute approximate surface area is 153 Å². The third kappa shape index (κ3) is 5.70. The van der Waals surface area contributed by atoms with Crippen molar-refractivity contribution in [1.29, 1.82) is 0 Å². The van der Waals surface area contributed by atoms with Crippen LogP contribution in [-0.2, 0) is 9.59 Å². The van der Waals surface area contributed by atoms with E-state index in [4.69, 9.17) is 0 Å². The predicted octanol–water partition coefficient (Wildman–Crippen LogP) is 2.75. The van der Waals surface area contributed by atoms with E-state index in [1.807, 2.05) is 9.80 Å². The molecule has 2 amide bonds. The summed E-state index contributed by atoms with van der Waals surface area (Å²) in [6.07, 6.45) is 7.73. The standard InChI is InChI=1S/C20H37N3O2/c1-4-18(5-2)20(25)22-13-9-10-19(16-22)23(17(3)24)15-14-21-11-7-6-8-12-21/h18-19H,4-16H2,1-3H3/t19-/m0/s1. The van der Waals surface area contributed by atoms with Gasteiger partial charge in [-0.25, -0.2) is 0 Å². The fraction of sp³-hybridized carbons (Fsp3) is 0.900. The quantitative estimate of drug-likeness (QED) is 0.708. The zero-order valence-electron chi connectivity index (χ0n) is 16.5. The molecule has 2 aliphatic heterocycles. The molecule has 0 aromatic rings. The number of nitrogens with zero attached hydrogens (tertiary/aromatic N) is 3. The van der Waals surface area contributed by atoms with Gasteiger partial charge in [-0.15, -0.1) is 0 Å². The van der Waals surface area contributed by atoms with Gasteiger partial charge in [0.15, 0.2) is 0 Å². The number of hydrogen-bond donors (Lipinski definition) is 0. The Hall–Kier alpha value is -1.10. The molecule has 0 N–H and O–H groups in total. The third-order valence-electron chi connectivity index (χ3n) is 5.99. The molecule has 2 heterocycles. The second-order valence-corrected chi connectivity index (χ2v) is 7.71. The third-order valence-corrected chi connectivity index (χ3v) is 5.99. The number of piperidine rings is 2. The van der Waals surface area contributed by atoms with Crippen LogP contribution in [-0.4, -0.2) is 71.8 Å². The van der Waals surface area contributed by atoms with Crippen LogP contribution in [0.25, 0.3) is 0 Å². The van der Waals surface area contributed by atoms with Crippen molar-refractivity contribution >= 4 is 11.8 Å². The van der Waals surface area contributed by atoms with E-state index in [9.17, 15) is 9.59 Å². The summed E-state index contributed by atoms with van der Waals surface area (Å²) in [6, 6.07) is 0.189. The van der Waals surface area contributed by atoms with Crippen molar-refractivity contribution in [2.24, 2.45) is 5.92 Å². The average molecular weight is 352 g/mol. The van der Waals surface area contributed by atoms with E-state index < -0.39 is 0 Å². The topological polar surface area (TPSA) is 43.9 Å². The summed E-state index contributed by atoms with van der Waals surface area (Å²) in [6.45, 7) is 11.5. The molecule has 0 bridgehead atoms. The molecule has 2 rings (SSSR count). The lowest BCUT2D eigenvalue weighted by Gasteiger charge is -2.41. The minimum Gasteiger partial charge on any atom is -0.340 e. The van der Waals surface area contributed by atoms with E-state index in [1.54, 1.807) is 6.92 Å². The number of carbonyl (C=O) groups excluding carboxylic acids is 2. The van der Waals surface area contributed by atoms with Crippen LogP contribution >= 0.6 is 0 Å². The molecule has 5 heteroatoms. The van der Waals surface area contributed by atoms with Gasteiger partial charge in [-0.1, -0.05) is 20.3 Å². The van der Waals surface area contributed by atoms with Gasteiger partial charge in [0, 0.05) is 45.1 Å². The van der Waals surface area contributed by atoms with Gasteiger partial charge in [0.05, 0.1) is 0 Å². The van der Waals surface area contributed by atoms with Crippen molar-refractivity contribution in [2.75, 3.05) is 39.3 Å². The lowest BCUT2D eigenvalue weighted by molar-refractivity contribution is -0.141. The first-order chi connectivity index (χ1) is 12.1. The Bertz CT molecular complexity index is 431. The summed E-state index contributed by atoms with van der Waals surface area (Å²) in [5.74, 6) is 0.575. The van der Waals surface area contributed by atoms with Crippen LogP contribution in [0.2, 0.25) is 0 Å². The molecule has 144 valence electrons. The first kappa shape index (κ1) is 20.2. The van der Waals surface area contributed by atoms with Crippen LogP contribution in [0.15, 0.2) is 0 Å². The highest BCUT2D eigenvalue weighted by molar-refractivity contribution is 5.79. The molecule has 1 atom stereocenters. The molecule has 5 nitrogen and oxygen atoms in total. The zero-order valence-corrected chi connectivity index (χ0v) is 16.5. The van der Waals surface area contributed by atoms with E-state index in [0.29, 0.717) is 0 Å². The van der Waals surface area contributed by atoms with E-state index in [1.165, 1.54) is 19.3 Å². The van der Waals surface area contributed by atoms with Crippen LogP contribution < -0.4 is 0 Å². The number of rotatable bonds is 7. The second kappa shape index (κ2) is 10.1. The van der Waals surface area contributed by atoms with E-state index >= 15 is 0 Å². The first-order valence-electron chi connectivity index (χ1n) is 10.3. The van der Waals surface area contributed by atoms with Crippen LogP contribution in [0.4, 0.5) is 0 Å². The lowest BCUT2D eigenvalue weighted by Crippen LogP contribution is -2.53. The normalized spacial score (nSPS) is 22.2. The molecule has 0 unspecified atom stereocenters. The maximum Gasteiger partial charge on any atom is 0.225 e. The molecule has 0 saturated carbocycles. The van der Waals surface area contributed by atoms with Gasteiger partial charge < -0.3 is 14.7 Å². The molecule has 0 spiro atoms. The van der Waals surface area contributed by atoms with Crippen LogP contribution in [0.5, 0.6) is 0 Å². The minimum atomic E-state index is 0.137. The summed E-state index contributed by atoms with van der Waals surface area (Å²) in [5, 5.41) is 0. The molecular weight excluding hydrogens is 314 g/mol. The molecular formula is C20H37N3O2. The largest absolute Gasteiger partial charge is 0.340 e. The smallest absolute Gasteiger partial charge is 0.225 e. The molecule has 2 fully saturated rings. The molecule has 0 aromatic carbocycles. The maximum absolute atomic E-state index is 12.7. The first-order valence-corrected chi connectivity index (χ1v) is 10.3. The SMILES string of the molecule is CCC(CC)C(=O)N1CCC[C@H](N(CCN2CCCCC2)C(C)=O)C1. The van der Waals surface area contributed by atoms with Crippen molar-refractivity contribution in [2.45, 2.75) is 71.8 Å². The number of carbonyl (C=O) groups is 2. The number of likely N-dealkylation sites (tertiary alicyclic amines) is 2. The maximum atomic E-state index is 12.7. The molecule has 0 aromatic heterocycles. The Balaban J connectivity index is 1.92. The van der Waals surface area contributed by atoms with Gasteiger partial charge in [-0.3, -0.25) is 9.59 Å². The summed E-state index contributed by atoms with van der Waals surface area (Å²) in [5.41, 5.74) is 0. The summed E-state index contributed by atoms with van der Waals surface area (Å²) in [7, 11) is 0. The van der Waals surface area contributed by atoms with E-state index in [0.717, 1.165) is 65.0 Å². The van der Waals surface area contributed by atoms with Crippen molar-refractivity contribution in [3.63, 3.8) is 0 Å². The van der Waals surface area contributed by atoms with Gasteiger partial charge in [-0.05, 0) is 51.6 Å². The van der Waals surface area contributed by atoms with E-state index in [-0.39, 0.29) is 23.8 Å². The van der Waals surface area contributed by atoms with Crippen molar-refractivity contribution in [1.82, 2.24) is 14.7 Å². The summed E-state index contributed by atoms with van der Waals surface area (Å²) < 4.78 is 0. The van der Waals surface area contributed by atoms with Gasteiger partial charge in [-0.2, -0.15) is 0 Å². The molecule has 0 aliphatic carbocycles. The Morgan fingerprint density at radius 3 is 2.32 bits per heavy atom. The number of amides is 2. The highest BCUT2D eigenvalue weighted by atomic mass is 16.2. The average Bonchev–Trinajstić information content (AvgIpc) is 2.63.